The summed E-state index contributed by atoms with van der Waals surface area (Å²) in [5.74, 6) is -2.24. The van der Waals surface area contributed by atoms with Gasteiger partial charge in [0, 0.05) is 38.9 Å². The summed E-state index contributed by atoms with van der Waals surface area (Å²) in [6.07, 6.45) is 12.8. The molecule has 0 radical (unpaired) electrons. The van der Waals surface area contributed by atoms with Gasteiger partial charge in [-0.25, -0.2) is 0 Å². The van der Waals surface area contributed by atoms with Crippen molar-refractivity contribution in [1.29, 1.82) is 0 Å². The molecule has 1 heterocycles. The van der Waals surface area contributed by atoms with Gasteiger partial charge in [0.2, 0.25) is 0 Å². The third kappa shape index (κ3) is 5.42. The van der Waals surface area contributed by atoms with Crippen molar-refractivity contribution in [3.05, 3.63) is 47.6 Å². The lowest BCUT2D eigenvalue weighted by Crippen LogP contribution is -2.64. The first-order valence-corrected chi connectivity index (χ1v) is 21.7. The molecule has 12 heteroatoms. The predicted molar refractivity (Wildman–Crippen MR) is 213 cm³/mol. The van der Waals surface area contributed by atoms with Crippen molar-refractivity contribution in [3.8, 4) is 0 Å². The molecule has 7 fully saturated rings. The molecule has 11 nitrogen and oxygen atoms in total. The minimum atomic E-state index is -1.68. The van der Waals surface area contributed by atoms with Crippen molar-refractivity contribution >= 4 is 34.7 Å². The molecule has 9 aliphatic rings. The van der Waals surface area contributed by atoms with Crippen LogP contribution in [0.5, 0.6) is 0 Å². The number of aliphatic hydroxyl groups is 5. The number of hydrogen-bond donors (Lipinski definition) is 5. The Balaban J connectivity index is 0.000000162. The molecule has 318 valence electrons. The van der Waals surface area contributed by atoms with E-state index >= 15 is 0 Å². The second-order valence-corrected chi connectivity index (χ2v) is 21.2. The molecule has 0 amide bonds. The van der Waals surface area contributed by atoms with Crippen LogP contribution in [0, 0.1) is 63.1 Å². The summed E-state index contributed by atoms with van der Waals surface area (Å²) in [4.78, 5) is 49.6. The average molecular weight is 825 g/mol. The van der Waals surface area contributed by atoms with Gasteiger partial charge < -0.3 is 35.0 Å². The number of hydrogen-bond acceptors (Lipinski definition) is 11. The standard InChI is InChI=1S/C24H32O6.C22H29ClO5/c1-21(2)29-19-10-16-15-6-5-13-9-14(26)7-8-22(13,3)20(15)17(27)11-23(16,4)24(19,30-21)18(28)12-25;1-11-6-14-18-15(23)8-12-7-13(25)4-5-20(12,2)19(18)16(26)9-21(14,3)22(11,28)17(27)10-24/h7-9,15-17,19-20,25,27H,5-6,10-12H2,1-4H3;4-5,7,11,14-16,18-19,24,26,28H,6,8-10H2,1-3H3/t15-,16-,17-,19+,20+,22-,23-,24+;11-,14+,15-,16+,18-,19+,20+,21+,22+/m01/s1. The van der Waals surface area contributed by atoms with Crippen LogP contribution >= 0.6 is 11.6 Å². The number of halogens is 1. The van der Waals surface area contributed by atoms with E-state index < -0.39 is 70.5 Å². The first-order valence-electron chi connectivity index (χ1n) is 21.3. The Hall–Kier alpha value is -2.35. The molecule has 0 unspecified atom stereocenters. The topological polar surface area (TPSA) is 188 Å². The van der Waals surface area contributed by atoms with Crippen LogP contribution in [0.3, 0.4) is 0 Å². The molecular weight excluding hydrogens is 764 g/mol. The number of aliphatic hydroxyl groups excluding tert-OH is 4. The third-order valence-corrected chi connectivity index (χ3v) is 18.1. The summed E-state index contributed by atoms with van der Waals surface area (Å²) < 4.78 is 12.6. The van der Waals surface area contributed by atoms with E-state index in [4.69, 9.17) is 21.1 Å². The minimum absolute atomic E-state index is 0.0167. The van der Waals surface area contributed by atoms with Crippen LogP contribution in [0.15, 0.2) is 47.6 Å². The smallest absolute Gasteiger partial charge is 0.193 e. The van der Waals surface area contributed by atoms with E-state index in [0.717, 1.165) is 24.0 Å². The van der Waals surface area contributed by atoms with Gasteiger partial charge >= 0.3 is 0 Å². The van der Waals surface area contributed by atoms with Crippen LogP contribution in [0.1, 0.15) is 93.4 Å². The Morgan fingerprint density at radius 1 is 0.810 bits per heavy atom. The van der Waals surface area contributed by atoms with Gasteiger partial charge in [0.25, 0.3) is 0 Å². The summed E-state index contributed by atoms with van der Waals surface area (Å²) >= 11 is 6.86. The molecule has 1 aliphatic heterocycles. The number of rotatable bonds is 4. The highest BCUT2D eigenvalue weighted by Gasteiger charge is 2.77. The predicted octanol–water partition coefficient (Wildman–Crippen LogP) is 4.35. The Labute approximate surface area is 346 Å². The first-order chi connectivity index (χ1) is 27.0. The largest absolute Gasteiger partial charge is 0.393 e. The van der Waals surface area contributed by atoms with Gasteiger partial charge in [0.15, 0.2) is 34.5 Å². The van der Waals surface area contributed by atoms with E-state index in [1.807, 2.05) is 32.9 Å². The Bertz CT molecular complexity index is 1940. The van der Waals surface area contributed by atoms with Crippen LogP contribution in [-0.2, 0) is 28.7 Å². The van der Waals surface area contributed by atoms with E-state index in [1.54, 1.807) is 38.2 Å². The Kier molecular flexibility index (Phi) is 9.91. The summed E-state index contributed by atoms with van der Waals surface area (Å²) in [6.45, 7) is 12.2. The third-order valence-electron chi connectivity index (χ3n) is 17.7. The van der Waals surface area contributed by atoms with E-state index in [2.05, 4.69) is 13.8 Å². The zero-order valence-electron chi connectivity index (χ0n) is 34.7. The summed E-state index contributed by atoms with van der Waals surface area (Å²) in [6, 6.07) is 0. The molecule has 58 heavy (non-hydrogen) atoms. The van der Waals surface area contributed by atoms with Gasteiger partial charge in [-0.05, 0) is 113 Å². The maximum Gasteiger partial charge on any atom is 0.193 e. The van der Waals surface area contributed by atoms with Crippen LogP contribution in [0.2, 0.25) is 0 Å². The lowest BCUT2D eigenvalue weighted by atomic mass is 9.46. The lowest BCUT2D eigenvalue weighted by Gasteiger charge is -2.60. The van der Waals surface area contributed by atoms with Crippen LogP contribution < -0.4 is 0 Å². The maximum atomic E-state index is 13.2. The van der Waals surface area contributed by atoms with E-state index in [-0.39, 0.29) is 76.0 Å². The minimum Gasteiger partial charge on any atom is -0.393 e. The van der Waals surface area contributed by atoms with E-state index in [9.17, 15) is 44.7 Å². The van der Waals surface area contributed by atoms with Crippen molar-refractivity contribution in [2.24, 2.45) is 63.1 Å². The Morgan fingerprint density at radius 3 is 2.00 bits per heavy atom. The SMILES string of the molecule is CC1(C)O[C@@H]2C[C@H]3[C@@H]4CCC5=CC(=O)C=C[C@]5(C)[C@H]4[C@@H](O)C[C@]3(C)[C@]2(C(=O)CO)O1.C[C@@H]1C[C@H]2[C@H]3[C@H]([C@@H](O)C[C@]2(C)[C@@]1(O)C(=O)CO)[C@@]1(C)C=CC(=O)C=C1C[C@H]3Cl. The van der Waals surface area contributed by atoms with Crippen LogP contribution in [0.25, 0.3) is 0 Å². The number of alkyl halides is 1. The molecule has 8 aliphatic carbocycles. The summed E-state index contributed by atoms with van der Waals surface area (Å²) in [5.41, 5.74) is -3.16. The molecule has 0 aromatic carbocycles. The highest BCUT2D eigenvalue weighted by atomic mass is 35.5. The molecule has 6 saturated carbocycles. The number of allylic oxidation sites excluding steroid dienone is 8. The quantitative estimate of drug-likeness (QED) is 0.254. The molecule has 0 aromatic heterocycles. The number of carbonyl (C=O) groups excluding carboxylic acids is 4. The fourth-order valence-corrected chi connectivity index (χ4v) is 15.8. The lowest BCUT2D eigenvalue weighted by molar-refractivity contribution is -0.225. The van der Waals surface area contributed by atoms with Crippen molar-refractivity contribution in [3.63, 3.8) is 0 Å². The molecule has 0 bridgehead atoms. The molecular formula is C46H61ClO11. The van der Waals surface area contributed by atoms with Crippen molar-refractivity contribution in [2.75, 3.05) is 13.2 Å². The Morgan fingerprint density at radius 2 is 1.38 bits per heavy atom. The molecule has 5 N–H and O–H groups in total. The number of carbonyl (C=O) groups is 4. The second-order valence-electron chi connectivity index (χ2n) is 20.7. The normalized spacial score (nSPS) is 51.7. The molecule has 17 atom stereocenters. The fourth-order valence-electron chi connectivity index (χ4n) is 15.3. The highest BCUT2D eigenvalue weighted by Crippen LogP contribution is 2.71. The van der Waals surface area contributed by atoms with Gasteiger partial charge in [0.05, 0.1) is 18.3 Å². The first kappa shape index (κ1) is 42.3. The van der Waals surface area contributed by atoms with Crippen LogP contribution in [0.4, 0.5) is 0 Å². The van der Waals surface area contributed by atoms with E-state index in [1.165, 1.54) is 0 Å². The number of ether oxygens (including phenoxy) is 2. The maximum absolute atomic E-state index is 13.2. The molecule has 9 rings (SSSR count). The van der Waals surface area contributed by atoms with Crippen molar-refractivity contribution < 1.29 is 54.2 Å². The molecule has 1 saturated heterocycles. The monoisotopic (exact) mass is 824 g/mol. The van der Waals surface area contributed by atoms with Gasteiger partial charge in [-0.2, -0.15) is 0 Å². The fraction of sp³-hybridized carbons (Fsp3) is 0.739. The summed E-state index contributed by atoms with van der Waals surface area (Å²) in [5, 5.41) is 53.3. The second kappa shape index (κ2) is 13.6. The van der Waals surface area contributed by atoms with Gasteiger partial charge in [-0.15, -0.1) is 11.6 Å². The average Bonchev–Trinajstić information content (AvgIpc) is 3.65. The number of ketones is 4. The number of Topliss-reactive ketones (excluding diaryl/α,β-unsaturated/α-hetero) is 2. The highest BCUT2D eigenvalue weighted by molar-refractivity contribution is 6.21. The molecule has 0 aromatic rings. The van der Waals surface area contributed by atoms with Gasteiger partial charge in [0.1, 0.15) is 18.8 Å². The zero-order valence-corrected chi connectivity index (χ0v) is 35.5. The van der Waals surface area contributed by atoms with Crippen molar-refractivity contribution in [2.45, 2.75) is 134 Å². The van der Waals surface area contributed by atoms with Crippen LogP contribution in [-0.4, -0.2) is 103 Å². The molecule has 0 spiro atoms. The van der Waals surface area contributed by atoms with Gasteiger partial charge in [-0.3, -0.25) is 19.2 Å². The zero-order chi connectivity index (χ0) is 42.3. The van der Waals surface area contributed by atoms with Gasteiger partial charge in [-0.1, -0.05) is 57.9 Å². The van der Waals surface area contributed by atoms with E-state index in [0.29, 0.717) is 25.7 Å². The number of fused-ring (bicyclic) bond motifs is 12. The summed E-state index contributed by atoms with van der Waals surface area (Å²) in [7, 11) is 0. The van der Waals surface area contributed by atoms with Crippen molar-refractivity contribution in [1.82, 2.24) is 0 Å².